The van der Waals surface area contributed by atoms with E-state index in [0.29, 0.717) is 13.0 Å². The number of hydrogen-bond acceptors (Lipinski definition) is 4. The fourth-order valence-electron chi connectivity index (χ4n) is 1.45. The van der Waals surface area contributed by atoms with E-state index in [1.807, 2.05) is 0 Å². The lowest BCUT2D eigenvalue weighted by Crippen LogP contribution is -2.43. The number of hydrogen-bond donors (Lipinski definition) is 0. The summed E-state index contributed by atoms with van der Waals surface area (Å²) in [6, 6.07) is 0. The first-order valence-electron chi connectivity index (χ1n) is 3.96. The first kappa shape index (κ1) is 9.48. The number of carbonyl (C=O) groups excluding carboxylic acids is 1. The standard InChI is InChI=1S/C8H14O4/c1-10-6-8(7(9)11-2)4-3-5-12-8/h3-6H2,1-2H3. The molecule has 0 N–H and O–H groups in total. The summed E-state index contributed by atoms with van der Waals surface area (Å²) in [5.74, 6) is -0.332. The molecule has 4 nitrogen and oxygen atoms in total. The lowest BCUT2D eigenvalue weighted by Gasteiger charge is -2.23. The van der Waals surface area contributed by atoms with Crippen molar-refractivity contribution in [3.63, 3.8) is 0 Å². The van der Waals surface area contributed by atoms with Crippen LogP contribution in [-0.4, -0.2) is 39.0 Å². The number of carbonyl (C=O) groups is 1. The summed E-state index contributed by atoms with van der Waals surface area (Å²) in [4.78, 5) is 11.3. The normalized spacial score (nSPS) is 28.8. The Balaban J connectivity index is 2.64. The molecule has 1 fully saturated rings. The molecule has 1 saturated heterocycles. The molecule has 0 aromatic rings. The van der Waals surface area contributed by atoms with Crippen molar-refractivity contribution in [3.8, 4) is 0 Å². The molecule has 0 aliphatic carbocycles. The lowest BCUT2D eigenvalue weighted by atomic mass is 10.0. The highest BCUT2D eigenvalue weighted by molar-refractivity contribution is 5.80. The third-order valence-corrected chi connectivity index (χ3v) is 2.04. The Bertz CT molecular complexity index is 160. The van der Waals surface area contributed by atoms with Crippen LogP contribution in [0.15, 0.2) is 0 Å². The molecule has 1 heterocycles. The zero-order chi connectivity index (χ0) is 9.03. The monoisotopic (exact) mass is 174 g/mol. The maximum atomic E-state index is 11.3. The molecule has 0 aromatic heterocycles. The zero-order valence-electron chi connectivity index (χ0n) is 7.46. The molecule has 0 aromatic carbocycles. The minimum absolute atomic E-state index is 0.277. The molecule has 0 radical (unpaired) electrons. The Labute approximate surface area is 71.8 Å². The molecular formula is C8H14O4. The Morgan fingerprint density at radius 2 is 2.33 bits per heavy atom. The summed E-state index contributed by atoms with van der Waals surface area (Å²) < 4.78 is 14.9. The van der Waals surface area contributed by atoms with Crippen LogP contribution in [0.5, 0.6) is 0 Å². The van der Waals surface area contributed by atoms with Crippen LogP contribution in [-0.2, 0) is 19.0 Å². The Morgan fingerprint density at radius 1 is 1.58 bits per heavy atom. The van der Waals surface area contributed by atoms with Gasteiger partial charge in [-0.25, -0.2) is 4.79 Å². The third-order valence-electron chi connectivity index (χ3n) is 2.04. The fraction of sp³-hybridized carbons (Fsp3) is 0.875. The highest BCUT2D eigenvalue weighted by atomic mass is 16.6. The second-order valence-corrected chi connectivity index (χ2v) is 2.87. The topological polar surface area (TPSA) is 44.8 Å². The largest absolute Gasteiger partial charge is 0.467 e. The molecule has 0 spiro atoms. The van der Waals surface area contributed by atoms with Crippen molar-refractivity contribution < 1.29 is 19.0 Å². The summed E-state index contributed by atoms with van der Waals surface area (Å²) in [5.41, 5.74) is -0.830. The van der Waals surface area contributed by atoms with E-state index in [1.165, 1.54) is 7.11 Å². The van der Waals surface area contributed by atoms with Crippen molar-refractivity contribution in [1.82, 2.24) is 0 Å². The fourth-order valence-corrected chi connectivity index (χ4v) is 1.45. The maximum absolute atomic E-state index is 11.3. The summed E-state index contributed by atoms with van der Waals surface area (Å²) in [6.07, 6.45) is 1.58. The van der Waals surface area contributed by atoms with Gasteiger partial charge in [-0.2, -0.15) is 0 Å². The molecule has 1 rings (SSSR count). The first-order chi connectivity index (χ1) is 5.75. The van der Waals surface area contributed by atoms with E-state index in [1.54, 1.807) is 7.11 Å². The predicted octanol–water partition coefficient (Wildman–Crippen LogP) is 0.355. The predicted molar refractivity (Wildman–Crippen MR) is 41.8 cm³/mol. The van der Waals surface area contributed by atoms with E-state index in [9.17, 15) is 4.79 Å². The average molecular weight is 174 g/mol. The SMILES string of the molecule is COCC1(C(=O)OC)CCCO1. The third kappa shape index (κ3) is 1.59. The van der Waals surface area contributed by atoms with E-state index >= 15 is 0 Å². The minimum atomic E-state index is -0.830. The van der Waals surface area contributed by atoms with Gasteiger partial charge in [0.25, 0.3) is 0 Å². The molecule has 1 aliphatic rings. The van der Waals surface area contributed by atoms with E-state index in [2.05, 4.69) is 4.74 Å². The molecule has 1 unspecified atom stereocenters. The van der Waals surface area contributed by atoms with Crippen molar-refractivity contribution >= 4 is 5.97 Å². The zero-order valence-corrected chi connectivity index (χ0v) is 7.46. The molecular weight excluding hydrogens is 160 g/mol. The molecule has 1 aliphatic heterocycles. The molecule has 70 valence electrons. The average Bonchev–Trinajstić information content (AvgIpc) is 2.53. The van der Waals surface area contributed by atoms with Crippen LogP contribution in [0.1, 0.15) is 12.8 Å². The minimum Gasteiger partial charge on any atom is -0.467 e. The lowest BCUT2D eigenvalue weighted by molar-refractivity contribution is -0.169. The van der Waals surface area contributed by atoms with Crippen molar-refractivity contribution in [2.45, 2.75) is 18.4 Å². The van der Waals surface area contributed by atoms with Gasteiger partial charge in [0.05, 0.1) is 13.7 Å². The van der Waals surface area contributed by atoms with E-state index in [-0.39, 0.29) is 12.6 Å². The van der Waals surface area contributed by atoms with Gasteiger partial charge in [-0.05, 0) is 12.8 Å². The van der Waals surface area contributed by atoms with Crippen LogP contribution in [0.3, 0.4) is 0 Å². The molecule has 4 heteroatoms. The Hall–Kier alpha value is -0.610. The van der Waals surface area contributed by atoms with Crippen LogP contribution in [0.2, 0.25) is 0 Å². The highest BCUT2D eigenvalue weighted by Gasteiger charge is 2.43. The Kier molecular flexibility index (Phi) is 3.05. The quantitative estimate of drug-likeness (QED) is 0.579. The van der Waals surface area contributed by atoms with Crippen LogP contribution < -0.4 is 0 Å². The molecule has 1 atom stereocenters. The van der Waals surface area contributed by atoms with Gasteiger partial charge in [0.1, 0.15) is 0 Å². The van der Waals surface area contributed by atoms with Gasteiger partial charge in [0.15, 0.2) is 5.60 Å². The number of esters is 1. The van der Waals surface area contributed by atoms with Gasteiger partial charge < -0.3 is 14.2 Å². The van der Waals surface area contributed by atoms with E-state index in [4.69, 9.17) is 9.47 Å². The van der Waals surface area contributed by atoms with Crippen LogP contribution in [0.25, 0.3) is 0 Å². The van der Waals surface area contributed by atoms with E-state index in [0.717, 1.165) is 6.42 Å². The van der Waals surface area contributed by atoms with Gasteiger partial charge in [0.2, 0.25) is 0 Å². The maximum Gasteiger partial charge on any atom is 0.340 e. The molecule has 0 saturated carbocycles. The van der Waals surface area contributed by atoms with Gasteiger partial charge in [0, 0.05) is 13.7 Å². The second kappa shape index (κ2) is 3.87. The Morgan fingerprint density at radius 3 is 2.75 bits per heavy atom. The van der Waals surface area contributed by atoms with Crippen molar-refractivity contribution in [2.24, 2.45) is 0 Å². The number of methoxy groups -OCH3 is 2. The summed E-state index contributed by atoms with van der Waals surface area (Å²) >= 11 is 0. The number of rotatable bonds is 3. The number of ether oxygens (including phenoxy) is 3. The summed E-state index contributed by atoms with van der Waals surface area (Å²) in [6.45, 7) is 0.887. The van der Waals surface area contributed by atoms with Crippen LogP contribution in [0.4, 0.5) is 0 Å². The van der Waals surface area contributed by atoms with E-state index < -0.39 is 5.60 Å². The van der Waals surface area contributed by atoms with Gasteiger partial charge in [-0.3, -0.25) is 0 Å². The summed E-state index contributed by atoms with van der Waals surface area (Å²) in [7, 11) is 2.91. The smallest absolute Gasteiger partial charge is 0.340 e. The first-order valence-corrected chi connectivity index (χ1v) is 3.96. The second-order valence-electron chi connectivity index (χ2n) is 2.87. The van der Waals surface area contributed by atoms with Crippen LogP contribution in [0, 0.1) is 0 Å². The van der Waals surface area contributed by atoms with Gasteiger partial charge in [-0.1, -0.05) is 0 Å². The molecule has 0 amide bonds. The summed E-state index contributed by atoms with van der Waals surface area (Å²) in [5, 5.41) is 0. The molecule has 12 heavy (non-hydrogen) atoms. The molecule has 0 bridgehead atoms. The van der Waals surface area contributed by atoms with Gasteiger partial charge in [-0.15, -0.1) is 0 Å². The highest BCUT2D eigenvalue weighted by Crippen LogP contribution is 2.27. The van der Waals surface area contributed by atoms with Crippen molar-refractivity contribution in [1.29, 1.82) is 0 Å². The van der Waals surface area contributed by atoms with Gasteiger partial charge >= 0.3 is 5.97 Å². The van der Waals surface area contributed by atoms with Crippen molar-refractivity contribution in [2.75, 3.05) is 27.4 Å². The van der Waals surface area contributed by atoms with Crippen LogP contribution >= 0.6 is 0 Å². The van der Waals surface area contributed by atoms with Crippen molar-refractivity contribution in [3.05, 3.63) is 0 Å².